The van der Waals surface area contributed by atoms with Crippen LogP contribution in [0.15, 0.2) is 6.07 Å². The van der Waals surface area contributed by atoms with E-state index in [1.165, 1.54) is 41.9 Å². The zero-order chi connectivity index (χ0) is 16.8. The number of fused-ring (bicyclic) bond motifs is 1. The lowest BCUT2D eigenvalue weighted by atomic mass is 9.96. The summed E-state index contributed by atoms with van der Waals surface area (Å²) in [4.78, 5) is 4.75. The molecule has 0 amide bonds. The molecule has 2 aromatic rings. The lowest BCUT2D eigenvalue weighted by molar-refractivity contribution is 0.196. The van der Waals surface area contributed by atoms with Gasteiger partial charge in [0.2, 0.25) is 0 Å². The van der Waals surface area contributed by atoms with Crippen LogP contribution in [-0.2, 0) is 19.4 Å². The summed E-state index contributed by atoms with van der Waals surface area (Å²) in [5.41, 5.74) is 2.63. The number of likely N-dealkylation sites (N-methyl/N-ethyl adjacent to an activating group) is 1. The second kappa shape index (κ2) is 6.29. The predicted molar refractivity (Wildman–Crippen MR) is 98.0 cm³/mol. The maximum atomic E-state index is 4.46. The van der Waals surface area contributed by atoms with Gasteiger partial charge in [-0.1, -0.05) is 11.3 Å². The lowest BCUT2D eigenvalue weighted by Crippen LogP contribution is -2.58. The molecule has 2 fully saturated rings. The second-order valence-electron chi connectivity index (χ2n) is 7.66. The molecule has 0 N–H and O–H groups in total. The van der Waals surface area contributed by atoms with Crippen molar-refractivity contribution < 1.29 is 0 Å². The molecule has 2 aromatic heterocycles. The largest absolute Gasteiger partial charge is 0.352 e. The Bertz CT molecular complexity index is 765. The van der Waals surface area contributed by atoms with Crippen LogP contribution in [0.1, 0.15) is 52.9 Å². The van der Waals surface area contributed by atoms with Gasteiger partial charge in [-0.05, 0) is 57.2 Å². The van der Waals surface area contributed by atoms with Gasteiger partial charge in [0, 0.05) is 25.0 Å². The van der Waals surface area contributed by atoms with Crippen LogP contribution in [0.5, 0.6) is 0 Å². The number of hydrogen-bond acceptors (Lipinski definition) is 7. The molecule has 0 radical (unpaired) electrons. The van der Waals surface area contributed by atoms with Gasteiger partial charge < -0.3 is 4.90 Å². The Kier molecular flexibility index (Phi) is 3.93. The average molecular weight is 356 g/mol. The van der Waals surface area contributed by atoms with Crippen molar-refractivity contribution in [3.63, 3.8) is 0 Å². The SMILES string of the molecule is CN(Cc1nnc(C2CC2)s1)C1CN(c2cc3c(nn2)CCCC3)C1. The van der Waals surface area contributed by atoms with Crippen molar-refractivity contribution in [2.24, 2.45) is 0 Å². The van der Waals surface area contributed by atoms with Gasteiger partial charge in [-0.15, -0.1) is 15.3 Å². The summed E-state index contributed by atoms with van der Waals surface area (Å²) in [6.45, 7) is 2.95. The molecule has 0 aromatic carbocycles. The van der Waals surface area contributed by atoms with E-state index in [2.05, 4.69) is 43.3 Å². The van der Waals surface area contributed by atoms with Crippen LogP contribution in [-0.4, -0.2) is 51.5 Å². The number of hydrogen-bond donors (Lipinski definition) is 0. The number of aryl methyl sites for hydroxylation is 2. The maximum Gasteiger partial charge on any atom is 0.151 e. The van der Waals surface area contributed by atoms with E-state index in [0.29, 0.717) is 12.0 Å². The number of rotatable bonds is 5. The van der Waals surface area contributed by atoms with Crippen LogP contribution in [0.3, 0.4) is 0 Å². The normalized spacial score (nSPS) is 20.6. The molecular formula is C18H24N6S. The van der Waals surface area contributed by atoms with Crippen LogP contribution in [0, 0.1) is 0 Å². The highest BCUT2D eigenvalue weighted by molar-refractivity contribution is 7.11. The smallest absolute Gasteiger partial charge is 0.151 e. The molecule has 1 saturated carbocycles. The second-order valence-corrected chi connectivity index (χ2v) is 8.76. The Morgan fingerprint density at radius 2 is 1.96 bits per heavy atom. The van der Waals surface area contributed by atoms with Crippen molar-refractivity contribution in [1.82, 2.24) is 25.3 Å². The Labute approximate surface area is 152 Å². The molecule has 2 aliphatic carbocycles. The minimum Gasteiger partial charge on any atom is -0.352 e. The summed E-state index contributed by atoms with van der Waals surface area (Å²) in [6, 6.07) is 2.83. The van der Waals surface area contributed by atoms with E-state index in [1.807, 2.05) is 0 Å². The fourth-order valence-electron chi connectivity index (χ4n) is 3.72. The van der Waals surface area contributed by atoms with Gasteiger partial charge >= 0.3 is 0 Å². The third kappa shape index (κ3) is 3.15. The average Bonchev–Trinajstić information content (AvgIpc) is 3.33. The van der Waals surface area contributed by atoms with Crippen molar-refractivity contribution in [3.8, 4) is 0 Å². The first kappa shape index (κ1) is 15.6. The summed E-state index contributed by atoms with van der Waals surface area (Å²) in [5, 5.41) is 20.0. The lowest BCUT2D eigenvalue weighted by Gasteiger charge is -2.44. The number of aromatic nitrogens is 4. The van der Waals surface area contributed by atoms with Crippen LogP contribution in [0.2, 0.25) is 0 Å². The molecule has 0 bridgehead atoms. The summed E-state index contributed by atoms with van der Waals surface area (Å²) >= 11 is 1.80. The van der Waals surface area contributed by atoms with E-state index < -0.39 is 0 Å². The van der Waals surface area contributed by atoms with Gasteiger partial charge in [0.25, 0.3) is 0 Å². The first-order valence-corrected chi connectivity index (χ1v) is 10.2. The van der Waals surface area contributed by atoms with E-state index in [-0.39, 0.29) is 0 Å². The van der Waals surface area contributed by atoms with E-state index in [1.54, 1.807) is 11.3 Å². The van der Waals surface area contributed by atoms with Gasteiger partial charge in [0.05, 0.1) is 12.2 Å². The van der Waals surface area contributed by atoms with Crippen LogP contribution >= 0.6 is 11.3 Å². The first-order valence-electron chi connectivity index (χ1n) is 9.39. The molecule has 0 spiro atoms. The maximum absolute atomic E-state index is 4.46. The van der Waals surface area contributed by atoms with E-state index in [9.17, 15) is 0 Å². The Hall–Kier alpha value is -1.60. The molecule has 1 saturated heterocycles. The van der Waals surface area contributed by atoms with Crippen LogP contribution in [0.25, 0.3) is 0 Å². The highest BCUT2D eigenvalue weighted by Gasteiger charge is 2.33. The zero-order valence-corrected chi connectivity index (χ0v) is 15.5. The highest BCUT2D eigenvalue weighted by Crippen LogP contribution is 2.41. The zero-order valence-electron chi connectivity index (χ0n) is 14.7. The molecule has 0 unspecified atom stereocenters. The molecule has 1 aliphatic heterocycles. The topological polar surface area (TPSA) is 58.0 Å². The van der Waals surface area contributed by atoms with Crippen molar-refractivity contribution in [2.75, 3.05) is 25.0 Å². The standard InChI is InChI=1S/C18H24N6S/c1-23(11-17-21-22-18(25-17)12-6-7-12)14-9-24(10-14)16-8-13-4-2-3-5-15(13)19-20-16/h8,12,14H,2-7,9-11H2,1H3. The van der Waals surface area contributed by atoms with Gasteiger partial charge in [-0.25, -0.2) is 0 Å². The molecular weight excluding hydrogens is 332 g/mol. The summed E-state index contributed by atoms with van der Waals surface area (Å²) in [6.07, 6.45) is 7.39. The van der Waals surface area contributed by atoms with Crippen molar-refractivity contribution in [2.45, 2.75) is 57.0 Å². The van der Waals surface area contributed by atoms with Gasteiger partial charge in [-0.3, -0.25) is 4.90 Å². The van der Waals surface area contributed by atoms with Crippen molar-refractivity contribution in [1.29, 1.82) is 0 Å². The first-order chi connectivity index (χ1) is 12.3. The third-order valence-corrected chi connectivity index (χ3v) is 6.73. The van der Waals surface area contributed by atoms with Crippen LogP contribution < -0.4 is 4.90 Å². The van der Waals surface area contributed by atoms with E-state index >= 15 is 0 Å². The number of anilines is 1. The van der Waals surface area contributed by atoms with Crippen molar-refractivity contribution >= 4 is 17.2 Å². The Balaban J connectivity index is 1.18. The highest BCUT2D eigenvalue weighted by atomic mass is 32.1. The molecule has 3 aliphatic rings. The Morgan fingerprint density at radius 1 is 1.12 bits per heavy atom. The van der Waals surface area contributed by atoms with E-state index in [4.69, 9.17) is 0 Å². The minimum atomic E-state index is 0.561. The fourth-order valence-corrected chi connectivity index (χ4v) is 4.80. The van der Waals surface area contributed by atoms with Crippen molar-refractivity contribution in [3.05, 3.63) is 27.3 Å². The molecule has 132 valence electrons. The molecule has 6 nitrogen and oxygen atoms in total. The third-order valence-electron chi connectivity index (χ3n) is 5.66. The summed E-state index contributed by atoms with van der Waals surface area (Å²) in [7, 11) is 2.19. The molecule has 0 atom stereocenters. The van der Waals surface area contributed by atoms with Gasteiger partial charge in [-0.2, -0.15) is 5.10 Å². The monoisotopic (exact) mass is 356 g/mol. The summed E-state index contributed by atoms with van der Waals surface area (Å²) in [5.74, 6) is 1.76. The van der Waals surface area contributed by atoms with Gasteiger partial charge in [0.1, 0.15) is 10.0 Å². The van der Waals surface area contributed by atoms with Gasteiger partial charge in [0.15, 0.2) is 5.82 Å². The summed E-state index contributed by atoms with van der Waals surface area (Å²) < 4.78 is 0. The van der Waals surface area contributed by atoms with Crippen LogP contribution in [0.4, 0.5) is 5.82 Å². The van der Waals surface area contributed by atoms with E-state index in [0.717, 1.165) is 43.3 Å². The molecule has 25 heavy (non-hydrogen) atoms. The minimum absolute atomic E-state index is 0.561. The fraction of sp³-hybridized carbons (Fsp3) is 0.667. The Morgan fingerprint density at radius 3 is 2.80 bits per heavy atom. The quantitative estimate of drug-likeness (QED) is 0.820. The molecule has 7 heteroatoms. The molecule has 5 rings (SSSR count). The number of nitrogens with zero attached hydrogens (tertiary/aromatic N) is 6. The molecule has 3 heterocycles. The predicted octanol–water partition coefficient (Wildman–Crippen LogP) is 2.40.